The van der Waals surface area contributed by atoms with E-state index in [1.807, 2.05) is 0 Å². The summed E-state index contributed by atoms with van der Waals surface area (Å²) in [5.41, 5.74) is -0.115. The van der Waals surface area contributed by atoms with Crippen LogP contribution < -0.4 is 5.32 Å². The predicted octanol–water partition coefficient (Wildman–Crippen LogP) is 2.84. The number of anilines is 1. The number of pyridine rings is 1. The molecule has 1 rings (SSSR count). The van der Waals surface area contributed by atoms with E-state index in [-0.39, 0.29) is 18.0 Å². The van der Waals surface area contributed by atoms with Crippen LogP contribution in [0.4, 0.5) is 10.6 Å². The maximum Gasteiger partial charge on any atom is 0.413 e. The number of hydrogen-bond acceptors (Lipinski definition) is 4. The van der Waals surface area contributed by atoms with Gasteiger partial charge in [-0.25, -0.2) is 9.78 Å². The second-order valence-electron chi connectivity index (χ2n) is 4.73. The summed E-state index contributed by atoms with van der Waals surface area (Å²) in [5.74, 6) is 0.174. The Balaban J connectivity index is 2.74. The molecule has 0 aromatic carbocycles. The van der Waals surface area contributed by atoms with Crippen LogP contribution in [0.2, 0.25) is 0 Å². The Morgan fingerprint density at radius 3 is 2.67 bits per heavy atom. The first-order valence-corrected chi connectivity index (χ1v) is 5.60. The summed E-state index contributed by atoms with van der Waals surface area (Å²) in [6, 6.07) is 3.07. The number of ether oxygens (including phenoxy) is 1. The number of rotatable bonds is 3. The van der Waals surface area contributed by atoms with Gasteiger partial charge in [0.05, 0.1) is 0 Å². The molecule has 0 saturated heterocycles. The van der Waals surface area contributed by atoms with Crippen LogP contribution in [0.15, 0.2) is 18.3 Å². The van der Waals surface area contributed by atoms with E-state index in [0.29, 0.717) is 5.56 Å². The van der Waals surface area contributed by atoms with Crippen molar-refractivity contribution in [1.82, 2.24) is 4.98 Å². The predicted molar refractivity (Wildman–Crippen MR) is 68.4 cm³/mol. The van der Waals surface area contributed by atoms with E-state index < -0.39 is 11.7 Å². The highest BCUT2D eigenvalue weighted by atomic mass is 16.6. The van der Waals surface area contributed by atoms with E-state index >= 15 is 0 Å². The zero-order chi connectivity index (χ0) is 13.8. The number of aromatic nitrogens is 1. The fourth-order valence-electron chi connectivity index (χ4n) is 1.22. The molecule has 1 heterocycles. The zero-order valence-corrected chi connectivity index (χ0v) is 10.8. The Hall–Kier alpha value is -1.91. The van der Waals surface area contributed by atoms with Crippen molar-refractivity contribution < 1.29 is 14.3 Å². The molecule has 1 aromatic heterocycles. The molecular formula is C13H17N2O3. The van der Waals surface area contributed by atoms with Gasteiger partial charge in [0.15, 0.2) is 5.78 Å². The Bertz CT molecular complexity index is 450. The zero-order valence-electron chi connectivity index (χ0n) is 10.8. The summed E-state index contributed by atoms with van der Waals surface area (Å²) in [4.78, 5) is 26.9. The minimum atomic E-state index is -0.603. The molecule has 0 aliphatic rings. The topological polar surface area (TPSA) is 68.3 Å². The molecule has 0 bridgehead atoms. The smallest absolute Gasteiger partial charge is 0.413 e. The van der Waals surface area contributed by atoms with Crippen LogP contribution in [0.3, 0.4) is 0 Å². The van der Waals surface area contributed by atoms with Gasteiger partial charge in [0.1, 0.15) is 11.4 Å². The van der Waals surface area contributed by atoms with Crippen LogP contribution in [-0.2, 0) is 4.74 Å². The van der Waals surface area contributed by atoms with Gasteiger partial charge in [-0.3, -0.25) is 10.1 Å². The number of nitrogens with zero attached hydrogens (tertiary/aromatic N) is 1. The highest BCUT2D eigenvalue weighted by Crippen LogP contribution is 2.12. The molecule has 0 aliphatic carbocycles. The number of Topliss-reactive ketones (excluding diaryl/α,β-unsaturated/α-hetero) is 1. The van der Waals surface area contributed by atoms with E-state index in [4.69, 9.17) is 4.74 Å². The van der Waals surface area contributed by atoms with Gasteiger partial charge >= 0.3 is 6.09 Å². The molecule has 0 spiro atoms. The number of carbonyl (C=O) groups is 2. The van der Waals surface area contributed by atoms with Crippen molar-refractivity contribution in [2.45, 2.75) is 32.8 Å². The molecule has 0 atom stereocenters. The lowest BCUT2D eigenvalue weighted by atomic mass is 10.1. The van der Waals surface area contributed by atoms with Crippen molar-refractivity contribution in [1.29, 1.82) is 0 Å². The highest BCUT2D eigenvalue weighted by molar-refractivity contribution is 5.97. The molecule has 0 aliphatic heterocycles. The van der Waals surface area contributed by atoms with Crippen LogP contribution in [0.25, 0.3) is 0 Å². The second kappa shape index (κ2) is 5.62. The molecule has 1 N–H and O–H groups in total. The molecule has 0 fully saturated rings. The molecule has 1 radical (unpaired) electrons. The van der Waals surface area contributed by atoms with Gasteiger partial charge in [-0.2, -0.15) is 0 Å². The van der Waals surface area contributed by atoms with E-state index in [1.165, 1.54) is 12.3 Å². The average molecular weight is 249 g/mol. The van der Waals surface area contributed by atoms with Gasteiger partial charge < -0.3 is 4.74 Å². The van der Waals surface area contributed by atoms with Crippen LogP contribution >= 0.6 is 0 Å². The van der Waals surface area contributed by atoms with Crippen molar-refractivity contribution in [2.75, 3.05) is 5.32 Å². The summed E-state index contributed by atoms with van der Waals surface area (Å²) >= 11 is 0. The molecule has 5 nitrogen and oxygen atoms in total. The number of carbonyl (C=O) groups excluding carboxylic acids is 2. The Kier molecular flexibility index (Phi) is 4.42. The number of ketones is 1. The number of nitrogens with one attached hydrogen (secondary N) is 1. The van der Waals surface area contributed by atoms with Crippen molar-refractivity contribution in [3.8, 4) is 0 Å². The fraction of sp³-hybridized carbons (Fsp3) is 0.385. The third-order valence-corrected chi connectivity index (χ3v) is 1.94. The summed E-state index contributed by atoms with van der Waals surface area (Å²) in [6.45, 7) is 8.82. The minimum absolute atomic E-state index is 0.107. The maximum atomic E-state index is 11.5. The van der Waals surface area contributed by atoms with Crippen LogP contribution in [0.1, 0.15) is 37.6 Å². The SMILES string of the molecule is [CH2]CC(=O)c1ccnc(NC(=O)OC(C)(C)C)c1. The summed E-state index contributed by atoms with van der Waals surface area (Å²) in [7, 11) is 0. The van der Waals surface area contributed by atoms with Gasteiger partial charge in [0.2, 0.25) is 0 Å². The van der Waals surface area contributed by atoms with Gasteiger partial charge in [0.25, 0.3) is 0 Å². The van der Waals surface area contributed by atoms with Gasteiger partial charge in [-0.1, -0.05) is 0 Å². The lowest BCUT2D eigenvalue weighted by Gasteiger charge is -2.19. The lowest BCUT2D eigenvalue weighted by Crippen LogP contribution is -2.27. The molecule has 1 aromatic rings. The first-order valence-electron chi connectivity index (χ1n) is 5.60. The Morgan fingerprint density at radius 1 is 1.44 bits per heavy atom. The van der Waals surface area contributed by atoms with E-state index in [1.54, 1.807) is 26.8 Å². The molecule has 5 heteroatoms. The molecule has 18 heavy (non-hydrogen) atoms. The first kappa shape index (κ1) is 14.2. The van der Waals surface area contributed by atoms with Crippen molar-refractivity contribution >= 4 is 17.7 Å². The summed E-state index contributed by atoms with van der Waals surface area (Å²) in [6.07, 6.45) is 1.01. The molecule has 1 amide bonds. The quantitative estimate of drug-likeness (QED) is 0.836. The molecule has 0 unspecified atom stereocenters. The second-order valence-corrected chi connectivity index (χ2v) is 4.73. The molecule has 97 valence electrons. The Morgan fingerprint density at radius 2 is 2.11 bits per heavy atom. The van der Waals surface area contributed by atoms with E-state index in [2.05, 4.69) is 17.2 Å². The monoisotopic (exact) mass is 249 g/mol. The van der Waals surface area contributed by atoms with Crippen LogP contribution in [-0.4, -0.2) is 22.5 Å². The van der Waals surface area contributed by atoms with Crippen molar-refractivity contribution in [3.63, 3.8) is 0 Å². The Labute approximate surface area is 107 Å². The fourth-order valence-corrected chi connectivity index (χ4v) is 1.22. The average Bonchev–Trinajstić information content (AvgIpc) is 2.25. The van der Waals surface area contributed by atoms with E-state index in [0.717, 1.165) is 0 Å². The van der Waals surface area contributed by atoms with Crippen molar-refractivity contribution in [2.24, 2.45) is 0 Å². The maximum absolute atomic E-state index is 11.5. The largest absolute Gasteiger partial charge is 0.444 e. The van der Waals surface area contributed by atoms with Crippen molar-refractivity contribution in [3.05, 3.63) is 30.8 Å². The summed E-state index contributed by atoms with van der Waals surface area (Å²) in [5, 5.41) is 2.47. The normalized spacial score (nSPS) is 10.9. The molecule has 0 saturated carbocycles. The van der Waals surface area contributed by atoms with E-state index in [9.17, 15) is 9.59 Å². The number of amides is 1. The standard InChI is InChI=1S/C13H17N2O3/c1-5-10(16)9-6-7-14-11(8-9)15-12(17)18-13(2,3)4/h6-8H,1,5H2,2-4H3,(H,14,15,17). The lowest BCUT2D eigenvalue weighted by molar-refractivity contribution is 0.0635. The van der Waals surface area contributed by atoms with Crippen LogP contribution in [0.5, 0.6) is 0 Å². The van der Waals surface area contributed by atoms with Gasteiger partial charge in [-0.15, -0.1) is 0 Å². The third kappa shape index (κ3) is 4.53. The first-order chi connectivity index (χ1) is 8.31. The van der Waals surface area contributed by atoms with Gasteiger partial charge in [-0.05, 0) is 39.8 Å². The van der Waals surface area contributed by atoms with Crippen LogP contribution in [0, 0.1) is 6.92 Å². The van der Waals surface area contributed by atoms with Gasteiger partial charge in [0, 0.05) is 18.2 Å². The third-order valence-electron chi connectivity index (χ3n) is 1.94. The summed E-state index contributed by atoms with van der Waals surface area (Å²) < 4.78 is 5.08. The highest BCUT2D eigenvalue weighted by Gasteiger charge is 2.16. The minimum Gasteiger partial charge on any atom is -0.444 e. The number of hydrogen-bond donors (Lipinski definition) is 1. The molecular weight excluding hydrogens is 232 g/mol.